The molecule has 0 aliphatic carbocycles. The van der Waals surface area contributed by atoms with Gasteiger partial charge in [0.1, 0.15) is 6.54 Å². The molecule has 0 saturated carbocycles. The van der Waals surface area contributed by atoms with E-state index in [1.807, 2.05) is 25.1 Å². The average Bonchev–Trinajstić information content (AvgIpc) is 2.75. The number of carbonyl (C=O) groups is 2. The van der Waals surface area contributed by atoms with Crippen molar-refractivity contribution in [3.8, 4) is 0 Å². The molecular formula is C13H15ClN2O2S. The number of hydrogen-bond donors (Lipinski definition) is 1. The molecule has 1 fully saturated rings. The molecule has 1 heterocycles. The van der Waals surface area contributed by atoms with Gasteiger partial charge in [0, 0.05) is 5.02 Å². The van der Waals surface area contributed by atoms with Crippen LogP contribution in [0.15, 0.2) is 24.3 Å². The number of carbonyl (C=O) groups excluding carboxylic acids is 2. The van der Waals surface area contributed by atoms with Gasteiger partial charge in [-0.05, 0) is 18.6 Å². The molecule has 6 heteroatoms. The largest absolute Gasteiger partial charge is 0.348 e. The van der Waals surface area contributed by atoms with Gasteiger partial charge in [-0.1, -0.05) is 29.8 Å². The van der Waals surface area contributed by atoms with Crippen molar-refractivity contribution >= 4 is 35.2 Å². The lowest BCUT2D eigenvalue weighted by Gasteiger charge is -2.19. The molecule has 1 aliphatic rings. The number of hydrogen-bond acceptors (Lipinski definition) is 3. The molecule has 1 aromatic carbocycles. The molecule has 1 aromatic rings. The van der Waals surface area contributed by atoms with Gasteiger partial charge < -0.3 is 10.2 Å². The quantitative estimate of drug-likeness (QED) is 0.925. The fourth-order valence-corrected chi connectivity index (χ4v) is 3.11. The summed E-state index contributed by atoms with van der Waals surface area (Å²) in [6.45, 7) is 1.99. The Morgan fingerprint density at radius 3 is 2.89 bits per heavy atom. The smallest absolute Gasteiger partial charge is 0.240 e. The first-order valence-electron chi connectivity index (χ1n) is 5.97. The molecule has 0 spiro atoms. The second kappa shape index (κ2) is 6.30. The molecule has 19 heavy (non-hydrogen) atoms. The Morgan fingerprint density at radius 2 is 2.26 bits per heavy atom. The normalized spacial score (nSPS) is 16.5. The van der Waals surface area contributed by atoms with E-state index in [1.54, 1.807) is 11.0 Å². The van der Waals surface area contributed by atoms with Crippen molar-refractivity contribution in [1.82, 2.24) is 10.2 Å². The summed E-state index contributed by atoms with van der Waals surface area (Å²) in [6.07, 6.45) is 0. The minimum atomic E-state index is -0.174. The van der Waals surface area contributed by atoms with Gasteiger partial charge in [0.15, 0.2) is 0 Å². The van der Waals surface area contributed by atoms with Gasteiger partial charge >= 0.3 is 0 Å². The molecule has 4 nitrogen and oxygen atoms in total. The maximum atomic E-state index is 11.9. The van der Waals surface area contributed by atoms with Crippen LogP contribution in [0.5, 0.6) is 0 Å². The number of benzene rings is 1. The van der Waals surface area contributed by atoms with Crippen LogP contribution in [0.3, 0.4) is 0 Å². The number of halogens is 1. The van der Waals surface area contributed by atoms with Crippen molar-refractivity contribution < 1.29 is 9.59 Å². The van der Waals surface area contributed by atoms with E-state index in [9.17, 15) is 9.59 Å². The lowest BCUT2D eigenvalue weighted by molar-refractivity contribution is -0.132. The van der Waals surface area contributed by atoms with Crippen molar-refractivity contribution in [1.29, 1.82) is 0 Å². The summed E-state index contributed by atoms with van der Waals surface area (Å²) in [5.41, 5.74) is 0.875. The van der Waals surface area contributed by atoms with Crippen LogP contribution in [0.25, 0.3) is 0 Å². The Bertz CT molecular complexity index is 495. The summed E-state index contributed by atoms with van der Waals surface area (Å²) < 4.78 is 0. The minimum Gasteiger partial charge on any atom is -0.348 e. The fraction of sp³-hybridized carbons (Fsp3) is 0.385. The molecule has 1 aliphatic heterocycles. The first-order valence-corrected chi connectivity index (χ1v) is 7.50. The Morgan fingerprint density at radius 1 is 1.53 bits per heavy atom. The number of amides is 2. The van der Waals surface area contributed by atoms with Crippen LogP contribution in [0.4, 0.5) is 0 Å². The van der Waals surface area contributed by atoms with E-state index in [0.717, 1.165) is 5.56 Å². The van der Waals surface area contributed by atoms with Gasteiger partial charge in [-0.3, -0.25) is 9.59 Å². The summed E-state index contributed by atoms with van der Waals surface area (Å²) >= 11 is 7.60. The third-order valence-corrected chi connectivity index (χ3v) is 4.20. The van der Waals surface area contributed by atoms with E-state index >= 15 is 0 Å². The Balaban J connectivity index is 1.92. The van der Waals surface area contributed by atoms with Crippen LogP contribution < -0.4 is 5.32 Å². The highest BCUT2D eigenvalue weighted by Crippen LogP contribution is 2.22. The van der Waals surface area contributed by atoms with Crippen LogP contribution >= 0.6 is 23.4 Å². The van der Waals surface area contributed by atoms with Crippen molar-refractivity contribution in [3.05, 3.63) is 34.9 Å². The lowest BCUT2D eigenvalue weighted by atomic mass is 10.1. The number of nitrogens with zero attached hydrogens (tertiary/aromatic N) is 1. The van der Waals surface area contributed by atoms with Gasteiger partial charge in [0.05, 0.1) is 17.7 Å². The van der Waals surface area contributed by atoms with Crippen LogP contribution in [0.2, 0.25) is 5.02 Å². The monoisotopic (exact) mass is 298 g/mol. The van der Waals surface area contributed by atoms with E-state index < -0.39 is 0 Å². The predicted molar refractivity (Wildman–Crippen MR) is 77.0 cm³/mol. The molecule has 102 valence electrons. The average molecular weight is 299 g/mol. The van der Waals surface area contributed by atoms with Crippen LogP contribution in [0.1, 0.15) is 18.5 Å². The highest BCUT2D eigenvalue weighted by molar-refractivity contribution is 8.00. The number of thioether (sulfide) groups is 1. The molecule has 1 saturated heterocycles. The first kappa shape index (κ1) is 14.2. The van der Waals surface area contributed by atoms with Crippen LogP contribution in [-0.2, 0) is 9.59 Å². The molecule has 0 bridgehead atoms. The Hall–Kier alpha value is -1.20. The Kier molecular flexibility index (Phi) is 4.71. The maximum Gasteiger partial charge on any atom is 0.240 e. The van der Waals surface area contributed by atoms with Crippen molar-refractivity contribution in [2.45, 2.75) is 13.0 Å². The molecule has 2 amide bonds. The SMILES string of the molecule is C[C@H](NC(=O)CN1CSCC1=O)c1ccccc1Cl. The van der Waals surface area contributed by atoms with Crippen LogP contribution in [-0.4, -0.2) is 34.9 Å². The molecular weight excluding hydrogens is 284 g/mol. The van der Waals surface area contributed by atoms with Gasteiger partial charge in [0.2, 0.25) is 11.8 Å². The van der Waals surface area contributed by atoms with E-state index in [1.165, 1.54) is 11.8 Å². The zero-order chi connectivity index (χ0) is 13.8. The second-order valence-corrected chi connectivity index (χ2v) is 5.74. The van der Waals surface area contributed by atoms with Crippen LogP contribution in [0, 0.1) is 0 Å². The van der Waals surface area contributed by atoms with Gasteiger partial charge in [-0.25, -0.2) is 0 Å². The van der Waals surface area contributed by atoms with Gasteiger partial charge in [-0.2, -0.15) is 0 Å². The summed E-state index contributed by atoms with van der Waals surface area (Å²) in [6, 6.07) is 7.22. The molecule has 1 N–H and O–H groups in total. The molecule has 1 atom stereocenters. The van der Waals surface area contributed by atoms with Crippen molar-refractivity contribution in [2.75, 3.05) is 18.2 Å². The van der Waals surface area contributed by atoms with E-state index in [4.69, 9.17) is 11.6 Å². The van der Waals surface area contributed by atoms with E-state index in [2.05, 4.69) is 5.32 Å². The van der Waals surface area contributed by atoms with Gasteiger partial charge in [0.25, 0.3) is 0 Å². The second-order valence-electron chi connectivity index (χ2n) is 4.38. The summed E-state index contributed by atoms with van der Waals surface area (Å²) in [5, 5.41) is 3.49. The zero-order valence-electron chi connectivity index (χ0n) is 10.6. The third-order valence-electron chi connectivity index (χ3n) is 2.91. The molecule has 0 aromatic heterocycles. The predicted octanol–water partition coefficient (Wildman–Crippen LogP) is 2.05. The summed E-state index contributed by atoms with van der Waals surface area (Å²) in [4.78, 5) is 24.9. The van der Waals surface area contributed by atoms with Crippen molar-refractivity contribution in [2.24, 2.45) is 0 Å². The van der Waals surface area contributed by atoms with E-state index in [0.29, 0.717) is 16.7 Å². The minimum absolute atomic E-state index is 0.0190. The lowest BCUT2D eigenvalue weighted by Crippen LogP contribution is -2.39. The number of rotatable bonds is 4. The topological polar surface area (TPSA) is 49.4 Å². The van der Waals surface area contributed by atoms with Gasteiger partial charge in [-0.15, -0.1) is 11.8 Å². The zero-order valence-corrected chi connectivity index (χ0v) is 12.1. The third kappa shape index (κ3) is 3.64. The first-order chi connectivity index (χ1) is 9.08. The highest BCUT2D eigenvalue weighted by Gasteiger charge is 2.23. The molecule has 0 radical (unpaired) electrons. The summed E-state index contributed by atoms with van der Waals surface area (Å²) in [7, 11) is 0. The fourth-order valence-electron chi connectivity index (χ4n) is 1.90. The number of nitrogens with one attached hydrogen (secondary N) is 1. The standard InChI is InChI=1S/C13H15ClN2O2S/c1-9(10-4-2-3-5-11(10)14)15-12(17)6-16-8-19-7-13(16)18/h2-5,9H,6-8H2,1H3,(H,15,17)/t9-/m0/s1. The maximum absolute atomic E-state index is 11.9. The van der Waals surface area contributed by atoms with E-state index in [-0.39, 0.29) is 24.4 Å². The Labute approximate surface area is 121 Å². The molecule has 0 unspecified atom stereocenters. The van der Waals surface area contributed by atoms with Crippen molar-refractivity contribution in [3.63, 3.8) is 0 Å². The highest BCUT2D eigenvalue weighted by atomic mass is 35.5. The summed E-state index contributed by atoms with van der Waals surface area (Å²) in [5.74, 6) is 0.911. The molecule has 2 rings (SSSR count).